The molecule has 2 aromatic rings. The summed E-state index contributed by atoms with van der Waals surface area (Å²) < 4.78 is 28.3. The Labute approximate surface area is 133 Å². The molecule has 0 atom stereocenters. The molecule has 0 aliphatic carbocycles. The molecule has 112 valence electrons. The number of anilines is 1. The van der Waals surface area contributed by atoms with Crippen LogP contribution in [0.1, 0.15) is 16.7 Å². The zero-order valence-electron chi connectivity index (χ0n) is 11.7. The SMILES string of the molecule is Cc1ccc(Br)c(NS(=O)(=O)c2cc(CO)ccc2C)c1. The summed E-state index contributed by atoms with van der Waals surface area (Å²) in [4.78, 5) is 0.169. The van der Waals surface area contributed by atoms with Crippen molar-refractivity contribution < 1.29 is 13.5 Å². The lowest BCUT2D eigenvalue weighted by molar-refractivity contribution is 0.281. The molecule has 0 heterocycles. The number of sulfonamides is 1. The van der Waals surface area contributed by atoms with Crippen LogP contribution in [0.2, 0.25) is 0 Å². The van der Waals surface area contributed by atoms with Gasteiger partial charge in [-0.25, -0.2) is 8.42 Å². The number of hydrogen-bond donors (Lipinski definition) is 2. The van der Waals surface area contributed by atoms with Gasteiger partial charge in [-0.2, -0.15) is 0 Å². The number of halogens is 1. The van der Waals surface area contributed by atoms with E-state index >= 15 is 0 Å². The van der Waals surface area contributed by atoms with Crippen molar-refractivity contribution in [3.8, 4) is 0 Å². The van der Waals surface area contributed by atoms with E-state index in [1.54, 1.807) is 31.2 Å². The van der Waals surface area contributed by atoms with E-state index < -0.39 is 10.0 Å². The van der Waals surface area contributed by atoms with Crippen LogP contribution in [-0.2, 0) is 16.6 Å². The Morgan fingerprint density at radius 2 is 1.86 bits per heavy atom. The van der Waals surface area contributed by atoms with Crippen molar-refractivity contribution >= 4 is 31.6 Å². The topological polar surface area (TPSA) is 66.4 Å². The van der Waals surface area contributed by atoms with Crippen molar-refractivity contribution in [3.05, 3.63) is 57.6 Å². The van der Waals surface area contributed by atoms with Gasteiger partial charge in [0.05, 0.1) is 17.2 Å². The van der Waals surface area contributed by atoms with Gasteiger partial charge in [-0.1, -0.05) is 18.2 Å². The van der Waals surface area contributed by atoms with Crippen LogP contribution in [-0.4, -0.2) is 13.5 Å². The summed E-state index contributed by atoms with van der Waals surface area (Å²) in [5.41, 5.74) is 2.63. The summed E-state index contributed by atoms with van der Waals surface area (Å²) in [7, 11) is -3.71. The van der Waals surface area contributed by atoms with E-state index in [0.717, 1.165) is 5.56 Å². The molecule has 0 spiro atoms. The fourth-order valence-electron chi connectivity index (χ4n) is 1.95. The number of aliphatic hydroxyl groups is 1. The lowest BCUT2D eigenvalue weighted by atomic mass is 10.2. The van der Waals surface area contributed by atoms with Crippen LogP contribution in [0.25, 0.3) is 0 Å². The summed E-state index contributed by atoms with van der Waals surface area (Å²) in [5, 5.41) is 9.17. The van der Waals surface area contributed by atoms with Crippen molar-refractivity contribution in [1.82, 2.24) is 0 Å². The molecule has 2 N–H and O–H groups in total. The first-order valence-electron chi connectivity index (χ1n) is 6.33. The van der Waals surface area contributed by atoms with Crippen LogP contribution >= 0.6 is 15.9 Å². The van der Waals surface area contributed by atoms with E-state index in [1.165, 1.54) is 6.07 Å². The molecular weight excluding hydrogens is 354 g/mol. The monoisotopic (exact) mass is 369 g/mol. The van der Waals surface area contributed by atoms with Crippen LogP contribution in [0.5, 0.6) is 0 Å². The third-order valence-electron chi connectivity index (χ3n) is 3.09. The van der Waals surface area contributed by atoms with Crippen molar-refractivity contribution in [2.75, 3.05) is 4.72 Å². The van der Waals surface area contributed by atoms with Crippen molar-refractivity contribution in [3.63, 3.8) is 0 Å². The zero-order valence-corrected chi connectivity index (χ0v) is 14.1. The minimum atomic E-state index is -3.71. The largest absolute Gasteiger partial charge is 0.392 e. The van der Waals surface area contributed by atoms with Gasteiger partial charge >= 0.3 is 0 Å². The predicted molar refractivity (Wildman–Crippen MR) is 86.8 cm³/mol. The fraction of sp³-hybridized carbons (Fsp3) is 0.200. The summed E-state index contributed by atoms with van der Waals surface area (Å²) in [5.74, 6) is 0. The van der Waals surface area contributed by atoms with E-state index in [0.29, 0.717) is 21.3 Å². The van der Waals surface area contributed by atoms with E-state index in [2.05, 4.69) is 20.7 Å². The minimum absolute atomic E-state index is 0.169. The number of aryl methyl sites for hydroxylation is 2. The Hall–Kier alpha value is -1.37. The molecule has 21 heavy (non-hydrogen) atoms. The van der Waals surface area contributed by atoms with E-state index in [1.807, 2.05) is 13.0 Å². The standard InChI is InChI=1S/C15H16BrNO3S/c1-10-3-6-13(16)14(7-10)17-21(19,20)15-8-12(9-18)5-4-11(15)2/h3-8,17-18H,9H2,1-2H3. The highest BCUT2D eigenvalue weighted by atomic mass is 79.9. The highest BCUT2D eigenvalue weighted by molar-refractivity contribution is 9.10. The van der Waals surface area contributed by atoms with Gasteiger partial charge in [0, 0.05) is 4.47 Å². The van der Waals surface area contributed by atoms with Gasteiger partial charge in [0.25, 0.3) is 10.0 Å². The second kappa shape index (κ2) is 6.17. The molecule has 0 bridgehead atoms. The summed E-state index contributed by atoms with van der Waals surface area (Å²) in [6.45, 7) is 3.42. The van der Waals surface area contributed by atoms with Gasteiger partial charge in [0.1, 0.15) is 0 Å². The molecule has 6 heteroatoms. The van der Waals surface area contributed by atoms with Crippen molar-refractivity contribution in [1.29, 1.82) is 0 Å². The Kier molecular flexibility index (Phi) is 4.70. The first-order chi connectivity index (χ1) is 9.83. The number of aliphatic hydroxyl groups excluding tert-OH is 1. The molecule has 0 saturated carbocycles. The third kappa shape index (κ3) is 3.64. The third-order valence-corrected chi connectivity index (χ3v) is 5.29. The molecule has 0 aromatic heterocycles. The van der Waals surface area contributed by atoms with E-state index in [-0.39, 0.29) is 11.5 Å². The molecule has 0 aliphatic rings. The minimum Gasteiger partial charge on any atom is -0.392 e. The average Bonchev–Trinajstić information content (AvgIpc) is 2.43. The molecule has 2 aromatic carbocycles. The summed E-state index contributed by atoms with van der Waals surface area (Å²) in [6.07, 6.45) is 0. The van der Waals surface area contributed by atoms with Gasteiger partial charge in [-0.15, -0.1) is 0 Å². The van der Waals surface area contributed by atoms with E-state index in [4.69, 9.17) is 5.11 Å². The van der Waals surface area contributed by atoms with Crippen molar-refractivity contribution in [2.45, 2.75) is 25.3 Å². The van der Waals surface area contributed by atoms with Gasteiger partial charge in [0.15, 0.2) is 0 Å². The summed E-state index contributed by atoms with van der Waals surface area (Å²) >= 11 is 3.34. The molecule has 0 radical (unpaired) electrons. The molecule has 4 nitrogen and oxygen atoms in total. The Morgan fingerprint density at radius 3 is 2.52 bits per heavy atom. The quantitative estimate of drug-likeness (QED) is 0.867. The van der Waals surface area contributed by atoms with Gasteiger partial charge < -0.3 is 5.11 Å². The number of nitrogens with one attached hydrogen (secondary N) is 1. The van der Waals surface area contributed by atoms with Gasteiger partial charge in [0.2, 0.25) is 0 Å². The first-order valence-corrected chi connectivity index (χ1v) is 8.60. The zero-order chi connectivity index (χ0) is 15.6. The average molecular weight is 370 g/mol. The van der Waals surface area contributed by atoms with Crippen LogP contribution < -0.4 is 4.72 Å². The number of rotatable bonds is 4. The molecule has 0 amide bonds. The highest BCUT2D eigenvalue weighted by Crippen LogP contribution is 2.27. The summed E-state index contributed by atoms with van der Waals surface area (Å²) in [6, 6.07) is 10.3. The lowest BCUT2D eigenvalue weighted by Crippen LogP contribution is -2.15. The fourth-order valence-corrected chi connectivity index (χ4v) is 3.79. The molecular formula is C15H16BrNO3S. The first kappa shape index (κ1) is 16.0. The lowest BCUT2D eigenvalue weighted by Gasteiger charge is -2.13. The Balaban J connectivity index is 2.45. The Bertz CT molecular complexity index is 772. The molecule has 0 fully saturated rings. The maximum atomic E-state index is 12.5. The predicted octanol–water partition coefficient (Wildman–Crippen LogP) is 3.36. The van der Waals surface area contributed by atoms with E-state index in [9.17, 15) is 8.42 Å². The van der Waals surface area contributed by atoms with Crippen LogP contribution in [0.4, 0.5) is 5.69 Å². The van der Waals surface area contributed by atoms with Crippen LogP contribution in [0, 0.1) is 13.8 Å². The second-order valence-electron chi connectivity index (χ2n) is 4.85. The Morgan fingerprint density at radius 1 is 1.14 bits per heavy atom. The van der Waals surface area contributed by atoms with Gasteiger partial charge in [-0.3, -0.25) is 4.72 Å². The molecule has 0 saturated heterocycles. The number of hydrogen-bond acceptors (Lipinski definition) is 3. The number of benzene rings is 2. The van der Waals surface area contributed by atoms with Crippen LogP contribution in [0.3, 0.4) is 0 Å². The maximum Gasteiger partial charge on any atom is 0.262 e. The molecule has 0 aliphatic heterocycles. The molecule has 0 unspecified atom stereocenters. The normalized spacial score (nSPS) is 11.4. The van der Waals surface area contributed by atoms with Crippen LogP contribution in [0.15, 0.2) is 45.8 Å². The molecule has 2 rings (SSSR count). The van der Waals surface area contributed by atoms with Crippen molar-refractivity contribution in [2.24, 2.45) is 0 Å². The second-order valence-corrected chi connectivity index (χ2v) is 7.35. The van der Waals surface area contributed by atoms with Gasteiger partial charge in [-0.05, 0) is 64.7 Å². The highest BCUT2D eigenvalue weighted by Gasteiger charge is 2.18. The smallest absolute Gasteiger partial charge is 0.262 e. The maximum absolute atomic E-state index is 12.5.